The maximum atomic E-state index is 12.8. The summed E-state index contributed by atoms with van der Waals surface area (Å²) in [7, 11) is -3.77. The maximum absolute atomic E-state index is 12.8. The molecule has 4 aromatic rings. The number of aromatic hydroxyl groups is 1. The van der Waals surface area contributed by atoms with Crippen LogP contribution >= 0.6 is 0 Å². The van der Waals surface area contributed by atoms with Gasteiger partial charge in [0.05, 0.1) is 22.7 Å². The van der Waals surface area contributed by atoms with Crippen molar-refractivity contribution in [3.05, 3.63) is 96.3 Å². The van der Waals surface area contributed by atoms with Crippen molar-refractivity contribution >= 4 is 26.9 Å². The van der Waals surface area contributed by atoms with Crippen molar-refractivity contribution in [2.75, 3.05) is 6.61 Å². The molecule has 0 saturated heterocycles. The number of nitrogens with zero attached hydrogens (tertiary/aromatic N) is 2. The molecule has 4 rings (SSSR count). The molecular weight excluding hydrogens is 490 g/mol. The minimum atomic E-state index is -3.77. The normalized spacial score (nSPS) is 12.2. The number of carbonyl (C=O) groups is 1. The second kappa shape index (κ2) is 10.7. The number of phenolic OH excluding ortho intramolecular Hbond substituents is 1. The third-order valence-corrected chi connectivity index (χ3v) is 7.04. The van der Waals surface area contributed by atoms with Crippen LogP contribution in [0.3, 0.4) is 0 Å². The zero-order valence-corrected chi connectivity index (χ0v) is 21.5. The third-order valence-electron chi connectivity index (χ3n) is 5.55. The molecule has 0 aliphatic heterocycles. The number of rotatable bonds is 8. The number of ether oxygens (including phenoxy) is 1. The smallest absolute Gasteiger partial charge is 0.359 e. The van der Waals surface area contributed by atoms with E-state index in [9.17, 15) is 18.3 Å². The van der Waals surface area contributed by atoms with Gasteiger partial charge in [-0.25, -0.2) is 17.9 Å². The minimum Gasteiger partial charge on any atom is -0.508 e. The van der Waals surface area contributed by atoms with Crippen LogP contribution in [0.25, 0.3) is 27.7 Å². The highest BCUT2D eigenvalue weighted by Gasteiger charge is 2.21. The van der Waals surface area contributed by atoms with Gasteiger partial charge in [0, 0.05) is 11.1 Å². The van der Waals surface area contributed by atoms with Crippen LogP contribution in [0.2, 0.25) is 0 Å². The molecule has 0 bridgehead atoms. The molecular formula is C28H27N3O5S. The first-order chi connectivity index (χ1) is 17.7. The molecule has 8 nitrogen and oxygen atoms in total. The highest BCUT2D eigenvalue weighted by Crippen LogP contribution is 2.30. The quantitative estimate of drug-likeness (QED) is 0.241. The van der Waals surface area contributed by atoms with Crippen LogP contribution in [0.1, 0.15) is 31.3 Å². The molecule has 3 aromatic carbocycles. The number of phenols is 1. The molecule has 0 aliphatic rings. The maximum Gasteiger partial charge on any atom is 0.359 e. The first-order valence-electron chi connectivity index (χ1n) is 11.7. The van der Waals surface area contributed by atoms with Crippen molar-refractivity contribution in [3.8, 4) is 22.6 Å². The number of nitrogens with one attached hydrogen (secondary N) is 1. The van der Waals surface area contributed by atoms with Crippen molar-refractivity contribution in [1.82, 2.24) is 14.5 Å². The molecule has 0 saturated carbocycles. The number of benzene rings is 3. The number of hydrogen-bond donors (Lipinski definition) is 2. The van der Waals surface area contributed by atoms with E-state index in [4.69, 9.17) is 4.74 Å². The van der Waals surface area contributed by atoms with Crippen molar-refractivity contribution in [2.24, 2.45) is 0 Å². The lowest BCUT2D eigenvalue weighted by molar-refractivity contribution is 0.0521. The van der Waals surface area contributed by atoms with Crippen molar-refractivity contribution in [1.29, 1.82) is 0 Å². The third kappa shape index (κ3) is 5.57. The number of carbonyl (C=O) groups excluding carboxylic acids is 1. The van der Waals surface area contributed by atoms with Gasteiger partial charge in [0.1, 0.15) is 5.75 Å². The zero-order valence-electron chi connectivity index (χ0n) is 20.7. The summed E-state index contributed by atoms with van der Waals surface area (Å²) in [5.41, 5.74) is 3.44. The molecule has 0 aliphatic carbocycles. The van der Waals surface area contributed by atoms with E-state index in [0.29, 0.717) is 22.3 Å². The van der Waals surface area contributed by atoms with Crippen LogP contribution in [0.15, 0.2) is 95.6 Å². The number of sulfonamides is 1. The average Bonchev–Trinajstić information content (AvgIpc) is 3.26. The topological polar surface area (TPSA) is 111 Å². The van der Waals surface area contributed by atoms with Crippen LogP contribution in [-0.2, 0) is 14.8 Å². The van der Waals surface area contributed by atoms with Gasteiger partial charge in [0.2, 0.25) is 0 Å². The van der Waals surface area contributed by atoms with E-state index in [1.807, 2.05) is 25.1 Å². The molecule has 9 heteroatoms. The molecule has 0 atom stereocenters. The Morgan fingerprint density at radius 2 is 1.81 bits per heavy atom. The highest BCUT2D eigenvalue weighted by molar-refractivity contribution is 7.89. The lowest BCUT2D eigenvalue weighted by Crippen LogP contribution is -2.21. The van der Waals surface area contributed by atoms with Gasteiger partial charge in [0.25, 0.3) is 10.0 Å². The second-order valence-corrected chi connectivity index (χ2v) is 9.92. The molecule has 37 heavy (non-hydrogen) atoms. The fraction of sp³-hybridized carbons (Fsp3) is 0.143. The Morgan fingerprint density at radius 3 is 2.49 bits per heavy atom. The Balaban J connectivity index is 1.79. The minimum absolute atomic E-state index is 0.0898. The Labute approximate surface area is 215 Å². The summed E-state index contributed by atoms with van der Waals surface area (Å²) in [5, 5.41) is 15.0. The van der Waals surface area contributed by atoms with Gasteiger partial charge < -0.3 is 9.84 Å². The fourth-order valence-corrected chi connectivity index (χ4v) is 4.94. The summed E-state index contributed by atoms with van der Waals surface area (Å²) in [6, 6.07) is 18.6. The molecule has 1 aromatic heterocycles. The summed E-state index contributed by atoms with van der Waals surface area (Å²) in [4.78, 5) is 12.7. The Morgan fingerprint density at radius 1 is 1.08 bits per heavy atom. The number of fused-ring (bicyclic) bond motifs is 1. The van der Waals surface area contributed by atoms with Crippen LogP contribution in [-0.4, -0.2) is 35.9 Å². The van der Waals surface area contributed by atoms with Crippen molar-refractivity contribution in [3.63, 3.8) is 0 Å². The largest absolute Gasteiger partial charge is 0.508 e. The first-order valence-corrected chi connectivity index (χ1v) is 13.1. The van der Waals surface area contributed by atoms with Gasteiger partial charge in [0.15, 0.2) is 5.69 Å². The number of aromatic nitrogens is 2. The molecule has 0 fully saturated rings. The number of hydrogen-bond acceptors (Lipinski definition) is 6. The van der Waals surface area contributed by atoms with Crippen molar-refractivity contribution < 1.29 is 23.1 Å². The molecule has 0 amide bonds. The van der Waals surface area contributed by atoms with Gasteiger partial charge >= 0.3 is 5.97 Å². The van der Waals surface area contributed by atoms with E-state index < -0.39 is 16.0 Å². The van der Waals surface area contributed by atoms with E-state index >= 15 is 0 Å². The summed E-state index contributed by atoms with van der Waals surface area (Å²) >= 11 is 0. The van der Waals surface area contributed by atoms with Gasteiger partial charge in [-0.1, -0.05) is 30.4 Å². The predicted molar refractivity (Wildman–Crippen MR) is 143 cm³/mol. The molecule has 190 valence electrons. The monoisotopic (exact) mass is 517 g/mol. The van der Waals surface area contributed by atoms with E-state index in [1.54, 1.807) is 73.2 Å². The Bertz CT molecular complexity index is 1620. The average molecular weight is 518 g/mol. The summed E-state index contributed by atoms with van der Waals surface area (Å²) in [6.07, 6.45) is 5.22. The molecule has 1 heterocycles. The van der Waals surface area contributed by atoms with Gasteiger partial charge in [-0.2, -0.15) is 5.10 Å². The van der Waals surface area contributed by atoms with E-state index in [2.05, 4.69) is 9.82 Å². The van der Waals surface area contributed by atoms with Gasteiger partial charge in [-0.05, 0) is 86.5 Å². The number of esters is 1. The zero-order chi connectivity index (χ0) is 26.6. The lowest BCUT2D eigenvalue weighted by atomic mass is 10.0. The SMILES string of the molecule is C/C=C/C=C(/C)NS(=O)(=O)c1ccc(-n2nc(C(=O)OCC)c3ccc(-c4cccc(O)c4)cc32)cc1. The van der Waals surface area contributed by atoms with Crippen LogP contribution in [0.4, 0.5) is 0 Å². The molecule has 2 N–H and O–H groups in total. The Kier molecular flexibility index (Phi) is 7.45. The van der Waals surface area contributed by atoms with E-state index in [-0.39, 0.29) is 22.9 Å². The van der Waals surface area contributed by atoms with Crippen LogP contribution in [0, 0.1) is 0 Å². The predicted octanol–water partition coefficient (Wildman–Crippen LogP) is 5.33. The second-order valence-electron chi connectivity index (χ2n) is 8.24. The molecule has 0 unspecified atom stereocenters. The lowest BCUT2D eigenvalue weighted by Gasteiger charge is -2.10. The molecule has 0 spiro atoms. The summed E-state index contributed by atoms with van der Waals surface area (Å²) in [5.74, 6) is -0.414. The highest BCUT2D eigenvalue weighted by atomic mass is 32.2. The van der Waals surface area contributed by atoms with Gasteiger partial charge in [-0.3, -0.25) is 4.72 Å². The number of allylic oxidation sites excluding steroid dienone is 4. The van der Waals surface area contributed by atoms with Crippen molar-refractivity contribution in [2.45, 2.75) is 25.7 Å². The summed E-state index contributed by atoms with van der Waals surface area (Å²) < 4.78 is 34.9. The van der Waals surface area contributed by atoms with Crippen LogP contribution < -0.4 is 4.72 Å². The molecule has 0 radical (unpaired) electrons. The summed E-state index contributed by atoms with van der Waals surface area (Å²) in [6.45, 7) is 5.44. The van der Waals surface area contributed by atoms with Gasteiger partial charge in [-0.15, -0.1) is 0 Å². The first kappa shape index (κ1) is 25.7. The Hall–Kier alpha value is -4.37. The van der Waals surface area contributed by atoms with E-state index in [1.165, 1.54) is 12.1 Å². The standard InChI is InChI=1S/C28H27N3O5S/c1-4-6-8-19(3)30-37(34,35)24-14-12-22(13-15-24)31-26-18-21(20-9-7-10-23(32)17-20)11-16-25(26)27(29-31)28(33)36-5-2/h4,6-18,30,32H,5H2,1-3H3/b6-4+,19-8-. The van der Waals surface area contributed by atoms with E-state index in [0.717, 1.165) is 11.1 Å². The van der Waals surface area contributed by atoms with Crippen LogP contribution in [0.5, 0.6) is 5.75 Å². The fourth-order valence-electron chi connectivity index (χ4n) is 3.84.